The van der Waals surface area contributed by atoms with Crippen LogP contribution in [0.4, 0.5) is 4.39 Å². The Morgan fingerprint density at radius 1 is 1.26 bits per heavy atom. The van der Waals surface area contributed by atoms with E-state index in [1.54, 1.807) is 30.2 Å². The Kier molecular flexibility index (Phi) is 5.97. The normalized spacial score (nSPS) is 27.4. The van der Waals surface area contributed by atoms with Crippen molar-refractivity contribution in [1.29, 1.82) is 5.26 Å². The summed E-state index contributed by atoms with van der Waals surface area (Å²) in [5.74, 6) is -0.0735. The SMILES string of the molecule is COc1ccccc1CC(=O)N1CC2CC(CC#N)CC(O)(c3ccccc3F)C2C1. The molecule has 5 nitrogen and oxygen atoms in total. The molecule has 1 saturated carbocycles. The highest BCUT2D eigenvalue weighted by Gasteiger charge is 2.53. The summed E-state index contributed by atoms with van der Waals surface area (Å²) in [6, 6.07) is 15.9. The molecule has 2 aromatic carbocycles. The number of hydrogen-bond acceptors (Lipinski definition) is 4. The van der Waals surface area contributed by atoms with E-state index in [1.807, 2.05) is 24.3 Å². The van der Waals surface area contributed by atoms with Gasteiger partial charge in [0.15, 0.2) is 0 Å². The van der Waals surface area contributed by atoms with E-state index in [9.17, 15) is 19.6 Å². The zero-order valence-electron chi connectivity index (χ0n) is 17.6. The summed E-state index contributed by atoms with van der Waals surface area (Å²) in [6.45, 7) is 0.889. The summed E-state index contributed by atoms with van der Waals surface area (Å²) >= 11 is 0. The molecule has 4 rings (SSSR count). The Bertz CT molecular complexity index is 1000. The molecule has 0 bridgehead atoms. The van der Waals surface area contributed by atoms with Crippen molar-refractivity contribution < 1.29 is 19.0 Å². The minimum atomic E-state index is -1.39. The maximum absolute atomic E-state index is 14.7. The number of amides is 1. The summed E-state index contributed by atoms with van der Waals surface area (Å²) in [7, 11) is 1.58. The molecule has 31 heavy (non-hydrogen) atoms. The first-order valence-electron chi connectivity index (χ1n) is 10.7. The van der Waals surface area contributed by atoms with Crippen molar-refractivity contribution in [3.63, 3.8) is 0 Å². The highest BCUT2D eigenvalue weighted by atomic mass is 19.1. The minimum Gasteiger partial charge on any atom is -0.496 e. The molecule has 2 aromatic rings. The first kappa shape index (κ1) is 21.3. The van der Waals surface area contributed by atoms with Crippen LogP contribution in [0, 0.1) is 34.9 Å². The van der Waals surface area contributed by atoms with Crippen molar-refractivity contribution in [1.82, 2.24) is 4.90 Å². The van der Waals surface area contributed by atoms with Gasteiger partial charge in [-0.15, -0.1) is 0 Å². The molecule has 2 aliphatic rings. The lowest BCUT2D eigenvalue weighted by molar-refractivity contribution is -0.130. The van der Waals surface area contributed by atoms with Crippen molar-refractivity contribution in [3.8, 4) is 11.8 Å². The first-order chi connectivity index (χ1) is 15.0. The van der Waals surface area contributed by atoms with Crippen molar-refractivity contribution in [2.24, 2.45) is 17.8 Å². The average Bonchev–Trinajstić information content (AvgIpc) is 3.20. The van der Waals surface area contributed by atoms with Crippen LogP contribution in [0.25, 0.3) is 0 Å². The van der Waals surface area contributed by atoms with E-state index in [4.69, 9.17) is 4.74 Å². The smallest absolute Gasteiger partial charge is 0.227 e. The van der Waals surface area contributed by atoms with Gasteiger partial charge in [-0.25, -0.2) is 4.39 Å². The molecule has 1 N–H and O–H groups in total. The van der Waals surface area contributed by atoms with Gasteiger partial charge in [-0.3, -0.25) is 4.79 Å². The lowest BCUT2D eigenvalue weighted by Gasteiger charge is -2.44. The van der Waals surface area contributed by atoms with Crippen LogP contribution < -0.4 is 4.74 Å². The van der Waals surface area contributed by atoms with Gasteiger partial charge in [-0.2, -0.15) is 5.26 Å². The van der Waals surface area contributed by atoms with Crippen LogP contribution in [-0.2, 0) is 16.8 Å². The number of carbonyl (C=O) groups is 1. The highest BCUT2D eigenvalue weighted by molar-refractivity contribution is 5.80. The maximum Gasteiger partial charge on any atom is 0.227 e. The molecule has 1 aliphatic heterocycles. The van der Waals surface area contributed by atoms with Crippen LogP contribution in [0.5, 0.6) is 5.75 Å². The first-order valence-corrected chi connectivity index (χ1v) is 10.7. The van der Waals surface area contributed by atoms with Crippen LogP contribution in [-0.4, -0.2) is 36.1 Å². The zero-order chi connectivity index (χ0) is 22.0. The molecule has 1 saturated heterocycles. The summed E-state index contributed by atoms with van der Waals surface area (Å²) in [6.07, 6.45) is 1.61. The van der Waals surface area contributed by atoms with Gasteiger partial charge in [0.05, 0.1) is 25.2 Å². The van der Waals surface area contributed by atoms with Crippen molar-refractivity contribution >= 4 is 5.91 Å². The third-order valence-electron chi connectivity index (χ3n) is 6.90. The minimum absolute atomic E-state index is 0.0262. The number of methoxy groups -OCH3 is 1. The van der Waals surface area contributed by atoms with Crippen LogP contribution in [0.3, 0.4) is 0 Å². The molecule has 4 atom stereocenters. The molecule has 0 radical (unpaired) electrons. The Morgan fingerprint density at radius 3 is 2.74 bits per heavy atom. The van der Waals surface area contributed by atoms with Gasteiger partial charge in [0, 0.05) is 36.6 Å². The Labute approximate surface area is 182 Å². The molecule has 162 valence electrons. The number of aliphatic hydroxyl groups is 1. The average molecular weight is 423 g/mol. The van der Waals surface area contributed by atoms with Crippen LogP contribution in [0.1, 0.15) is 30.4 Å². The van der Waals surface area contributed by atoms with E-state index in [0.29, 0.717) is 31.7 Å². The number of halogens is 1. The van der Waals surface area contributed by atoms with Crippen LogP contribution in [0.2, 0.25) is 0 Å². The van der Waals surface area contributed by atoms with E-state index in [0.717, 1.165) is 12.0 Å². The fourth-order valence-electron chi connectivity index (χ4n) is 5.49. The molecule has 1 heterocycles. The summed E-state index contributed by atoms with van der Waals surface area (Å²) < 4.78 is 20.1. The number of benzene rings is 2. The number of fused-ring (bicyclic) bond motifs is 1. The summed E-state index contributed by atoms with van der Waals surface area (Å²) in [5, 5.41) is 21.0. The highest BCUT2D eigenvalue weighted by Crippen LogP contribution is 2.51. The molecule has 6 heteroatoms. The number of likely N-dealkylation sites (tertiary alicyclic amines) is 1. The predicted octanol–water partition coefficient (Wildman–Crippen LogP) is 3.66. The molecule has 0 spiro atoms. The van der Waals surface area contributed by atoms with Gasteiger partial charge in [0.1, 0.15) is 11.6 Å². The Balaban J connectivity index is 1.60. The van der Waals surface area contributed by atoms with E-state index >= 15 is 0 Å². The lowest BCUT2D eigenvalue weighted by Crippen LogP contribution is -2.46. The molecular formula is C25H27FN2O3. The fraction of sp³-hybridized carbons (Fsp3) is 0.440. The topological polar surface area (TPSA) is 73.6 Å². The Morgan fingerprint density at radius 2 is 2.00 bits per heavy atom. The monoisotopic (exact) mass is 422 g/mol. The van der Waals surface area contributed by atoms with Gasteiger partial charge in [-0.1, -0.05) is 36.4 Å². The molecule has 1 aliphatic carbocycles. The van der Waals surface area contributed by atoms with E-state index in [1.165, 1.54) is 6.07 Å². The van der Waals surface area contributed by atoms with E-state index < -0.39 is 11.4 Å². The fourth-order valence-corrected chi connectivity index (χ4v) is 5.49. The van der Waals surface area contributed by atoms with Crippen molar-refractivity contribution in [2.75, 3.05) is 20.2 Å². The Hall–Kier alpha value is -2.91. The lowest BCUT2D eigenvalue weighted by atomic mass is 9.63. The third kappa shape index (κ3) is 4.03. The molecule has 1 amide bonds. The number of carbonyl (C=O) groups excluding carboxylic acids is 1. The van der Waals surface area contributed by atoms with Crippen LogP contribution >= 0.6 is 0 Å². The summed E-state index contributed by atoms with van der Waals surface area (Å²) in [5.41, 5.74) is -0.307. The number of rotatable bonds is 5. The predicted molar refractivity (Wildman–Crippen MR) is 114 cm³/mol. The molecule has 2 fully saturated rings. The van der Waals surface area contributed by atoms with Crippen LogP contribution in [0.15, 0.2) is 48.5 Å². The number of hydrogen-bond donors (Lipinski definition) is 1. The van der Waals surface area contributed by atoms with E-state index in [-0.39, 0.29) is 35.6 Å². The second kappa shape index (κ2) is 8.68. The molecule has 4 unspecified atom stereocenters. The quantitative estimate of drug-likeness (QED) is 0.798. The van der Waals surface area contributed by atoms with Gasteiger partial charge in [-0.05, 0) is 36.8 Å². The standard InChI is InChI=1S/C25H27FN2O3/c1-31-23-9-5-2-6-18(23)13-24(29)28-15-19-12-17(10-11-27)14-25(30,21(19)16-28)20-7-3-4-8-22(20)26/h2-9,17,19,21,30H,10,12-16H2,1H3. The number of nitriles is 1. The third-order valence-corrected chi connectivity index (χ3v) is 6.90. The summed E-state index contributed by atoms with van der Waals surface area (Å²) in [4.78, 5) is 14.9. The maximum atomic E-state index is 14.7. The molecule has 0 aromatic heterocycles. The largest absolute Gasteiger partial charge is 0.496 e. The van der Waals surface area contributed by atoms with Crippen molar-refractivity contribution in [3.05, 3.63) is 65.5 Å². The van der Waals surface area contributed by atoms with Gasteiger partial charge in [0.25, 0.3) is 0 Å². The van der Waals surface area contributed by atoms with E-state index in [2.05, 4.69) is 6.07 Å². The van der Waals surface area contributed by atoms with Gasteiger partial charge >= 0.3 is 0 Å². The second-order valence-corrected chi connectivity index (χ2v) is 8.73. The van der Waals surface area contributed by atoms with Crippen molar-refractivity contribution in [2.45, 2.75) is 31.3 Å². The number of ether oxygens (including phenoxy) is 1. The van der Waals surface area contributed by atoms with Gasteiger partial charge in [0.2, 0.25) is 5.91 Å². The number of nitrogens with zero attached hydrogens (tertiary/aromatic N) is 2. The van der Waals surface area contributed by atoms with Gasteiger partial charge < -0.3 is 14.7 Å². The number of para-hydroxylation sites is 1. The molecular weight excluding hydrogens is 395 g/mol. The zero-order valence-corrected chi connectivity index (χ0v) is 17.6. The second-order valence-electron chi connectivity index (χ2n) is 8.73.